The average molecular weight is 627 g/mol. The summed E-state index contributed by atoms with van der Waals surface area (Å²) < 4.78 is 112. The third-order valence-electron chi connectivity index (χ3n) is 5.91. The fourth-order valence-corrected chi connectivity index (χ4v) is 7.32. The Morgan fingerprint density at radius 3 is 1.14 bits per heavy atom. The third kappa shape index (κ3) is 5.45. The summed E-state index contributed by atoms with van der Waals surface area (Å²) in [5.74, 6) is -9.52. The molecule has 0 aliphatic rings. The van der Waals surface area contributed by atoms with Crippen molar-refractivity contribution in [2.24, 2.45) is 0 Å². The smallest absolute Gasteiger partial charge is 0.324 e. The van der Waals surface area contributed by atoms with Gasteiger partial charge in [0.1, 0.15) is 36.4 Å². The molecule has 0 unspecified atom stereocenters. The molecule has 4 rings (SSSR count). The molecule has 16 heteroatoms. The number of carbonyl (C=O) groups is 2. The molecule has 0 aromatic heterocycles. The highest BCUT2D eigenvalue weighted by Gasteiger charge is 2.36. The lowest BCUT2D eigenvalue weighted by molar-refractivity contribution is -0.136. The zero-order valence-electron chi connectivity index (χ0n) is 20.9. The van der Waals surface area contributed by atoms with Crippen LogP contribution in [0.25, 0.3) is 10.8 Å². The minimum atomic E-state index is -5.26. The van der Waals surface area contributed by atoms with Gasteiger partial charge in [-0.3, -0.25) is 18.2 Å². The number of rotatable bonds is 10. The monoisotopic (exact) mass is 626 g/mol. The summed E-state index contributed by atoms with van der Waals surface area (Å²) in [6.45, 7) is -2.67. The van der Waals surface area contributed by atoms with Crippen molar-refractivity contribution < 1.29 is 54.2 Å². The second-order valence-electron chi connectivity index (χ2n) is 8.56. The van der Waals surface area contributed by atoms with Crippen molar-refractivity contribution in [3.05, 3.63) is 96.1 Å². The summed E-state index contributed by atoms with van der Waals surface area (Å²) in [4.78, 5) is 20.5. The minimum absolute atomic E-state index is 0.176. The molecule has 220 valence electrons. The second kappa shape index (κ2) is 11.3. The summed E-state index contributed by atoms with van der Waals surface area (Å²) in [6, 6.07) is 11.2. The Morgan fingerprint density at radius 2 is 0.857 bits per heavy atom. The van der Waals surface area contributed by atoms with Gasteiger partial charge in [0, 0.05) is 10.8 Å². The highest BCUT2D eigenvalue weighted by molar-refractivity contribution is 7.93. The Kier molecular flexibility index (Phi) is 8.13. The number of hydrogen-bond donors (Lipinski definition) is 2. The largest absolute Gasteiger partial charge is 0.480 e. The van der Waals surface area contributed by atoms with Gasteiger partial charge in [-0.15, -0.1) is 0 Å². The standard InChI is InChI=1S/C26H18F4N2O8S2/c27-17-7-3-8-18(28)25(17)41(37,38)31(13-23(33)34)21-11-12-22(16-6-2-1-5-15(16)21)32(14-24(35)36)42(39,40)26-19(29)9-4-10-20(26)30/h1-12H,13-14H2,(H,33,34)(H,35,36). The normalized spacial score (nSPS) is 11.8. The quantitative estimate of drug-likeness (QED) is 0.251. The Hall–Kier alpha value is -4.70. The van der Waals surface area contributed by atoms with E-state index in [0.717, 1.165) is 24.3 Å². The molecule has 0 saturated carbocycles. The predicted octanol–water partition coefficient (Wildman–Crippen LogP) is 3.96. The van der Waals surface area contributed by atoms with Crippen LogP contribution >= 0.6 is 0 Å². The van der Waals surface area contributed by atoms with Gasteiger partial charge in [-0.1, -0.05) is 36.4 Å². The number of fused-ring (bicyclic) bond motifs is 1. The zero-order chi connectivity index (χ0) is 31.0. The van der Waals surface area contributed by atoms with E-state index in [1.54, 1.807) is 0 Å². The first-order valence-electron chi connectivity index (χ1n) is 11.6. The van der Waals surface area contributed by atoms with Crippen LogP contribution in [-0.2, 0) is 29.6 Å². The van der Waals surface area contributed by atoms with Crippen molar-refractivity contribution >= 4 is 54.1 Å². The van der Waals surface area contributed by atoms with Crippen LogP contribution in [0.1, 0.15) is 0 Å². The first kappa shape index (κ1) is 30.3. The Labute approximate surface area is 235 Å². The van der Waals surface area contributed by atoms with Gasteiger partial charge in [-0.25, -0.2) is 34.4 Å². The molecule has 0 aliphatic heterocycles. The van der Waals surface area contributed by atoms with E-state index in [4.69, 9.17) is 0 Å². The highest BCUT2D eigenvalue weighted by atomic mass is 32.2. The van der Waals surface area contributed by atoms with Crippen LogP contribution in [0.15, 0.2) is 82.6 Å². The first-order valence-corrected chi connectivity index (χ1v) is 14.4. The van der Waals surface area contributed by atoms with E-state index < -0.39 is 89.5 Å². The number of carboxylic acids is 2. The SMILES string of the molecule is O=C(O)CN(c1ccc(N(CC(=O)O)S(=O)(=O)c2c(F)cccc2F)c2ccccc12)S(=O)(=O)c1c(F)cccc1F. The van der Waals surface area contributed by atoms with Gasteiger partial charge in [0.15, 0.2) is 9.79 Å². The van der Waals surface area contributed by atoms with Crippen LogP contribution in [0.4, 0.5) is 28.9 Å². The molecule has 0 heterocycles. The maximum Gasteiger partial charge on any atom is 0.324 e. The molecule has 0 atom stereocenters. The van der Waals surface area contributed by atoms with Crippen molar-refractivity contribution in [3.8, 4) is 0 Å². The topological polar surface area (TPSA) is 149 Å². The number of anilines is 2. The molecule has 0 bridgehead atoms. The second-order valence-corrected chi connectivity index (χ2v) is 12.2. The average Bonchev–Trinajstić information content (AvgIpc) is 2.89. The third-order valence-corrected chi connectivity index (χ3v) is 9.53. The van der Waals surface area contributed by atoms with Crippen LogP contribution in [0.5, 0.6) is 0 Å². The van der Waals surface area contributed by atoms with Crippen LogP contribution in [-0.4, -0.2) is 52.1 Å². The zero-order valence-corrected chi connectivity index (χ0v) is 22.5. The van der Waals surface area contributed by atoms with Gasteiger partial charge in [-0.05, 0) is 36.4 Å². The van der Waals surface area contributed by atoms with Crippen LogP contribution < -0.4 is 8.61 Å². The van der Waals surface area contributed by atoms with E-state index >= 15 is 0 Å². The number of nitrogens with zero attached hydrogens (tertiary/aromatic N) is 2. The lowest BCUT2D eigenvalue weighted by atomic mass is 10.1. The highest BCUT2D eigenvalue weighted by Crippen LogP contribution is 2.39. The summed E-state index contributed by atoms with van der Waals surface area (Å²) in [7, 11) is -10.5. The number of carboxylic acid groups (broad SMARTS) is 2. The molecule has 0 amide bonds. The molecule has 2 N–H and O–H groups in total. The van der Waals surface area contributed by atoms with Gasteiger partial charge in [0.2, 0.25) is 0 Å². The molecule has 42 heavy (non-hydrogen) atoms. The number of hydrogen-bond acceptors (Lipinski definition) is 6. The van der Waals surface area contributed by atoms with E-state index in [9.17, 15) is 54.2 Å². The maximum atomic E-state index is 14.5. The molecule has 0 radical (unpaired) electrons. The van der Waals surface area contributed by atoms with Crippen molar-refractivity contribution in [3.63, 3.8) is 0 Å². The Bertz CT molecular complexity index is 1770. The molecule has 4 aromatic rings. The van der Waals surface area contributed by atoms with Gasteiger partial charge < -0.3 is 10.2 Å². The molecule has 0 spiro atoms. The van der Waals surface area contributed by atoms with Gasteiger partial charge in [0.05, 0.1) is 11.4 Å². The molecule has 0 fully saturated rings. The summed E-state index contributed by atoms with van der Waals surface area (Å²) in [6.07, 6.45) is 0. The van der Waals surface area contributed by atoms with E-state index in [2.05, 4.69) is 0 Å². The summed E-state index contributed by atoms with van der Waals surface area (Å²) in [5, 5.41) is 18.5. The fourth-order valence-electron chi connectivity index (χ4n) is 4.23. The van der Waals surface area contributed by atoms with Gasteiger partial charge in [-0.2, -0.15) is 0 Å². The van der Waals surface area contributed by atoms with Crippen LogP contribution in [0, 0.1) is 23.3 Å². The van der Waals surface area contributed by atoms with Gasteiger partial charge >= 0.3 is 11.9 Å². The molecule has 10 nitrogen and oxygen atoms in total. The van der Waals surface area contributed by atoms with Gasteiger partial charge in [0.25, 0.3) is 20.0 Å². The number of aliphatic carboxylic acids is 2. The molecular formula is C26H18F4N2O8S2. The molecular weight excluding hydrogens is 608 g/mol. The van der Waals surface area contributed by atoms with Crippen molar-refractivity contribution in [1.29, 1.82) is 0 Å². The van der Waals surface area contributed by atoms with E-state index in [1.807, 2.05) is 0 Å². The van der Waals surface area contributed by atoms with E-state index in [1.165, 1.54) is 24.3 Å². The van der Waals surface area contributed by atoms with Crippen LogP contribution in [0.3, 0.4) is 0 Å². The molecule has 4 aromatic carbocycles. The number of benzene rings is 4. The van der Waals surface area contributed by atoms with Crippen molar-refractivity contribution in [2.75, 3.05) is 21.7 Å². The van der Waals surface area contributed by atoms with E-state index in [-0.39, 0.29) is 19.4 Å². The lowest BCUT2D eigenvalue weighted by Gasteiger charge is -2.28. The van der Waals surface area contributed by atoms with E-state index in [0.29, 0.717) is 24.3 Å². The fraction of sp³-hybridized carbons (Fsp3) is 0.0769. The Morgan fingerprint density at radius 1 is 0.548 bits per heavy atom. The summed E-state index contributed by atoms with van der Waals surface area (Å²) >= 11 is 0. The lowest BCUT2D eigenvalue weighted by Crippen LogP contribution is -2.38. The van der Waals surface area contributed by atoms with Crippen molar-refractivity contribution in [1.82, 2.24) is 0 Å². The Balaban J connectivity index is 2.02. The predicted molar refractivity (Wildman–Crippen MR) is 141 cm³/mol. The first-order chi connectivity index (χ1) is 19.7. The number of sulfonamides is 2. The van der Waals surface area contributed by atoms with Crippen LogP contribution in [0.2, 0.25) is 0 Å². The van der Waals surface area contributed by atoms with Crippen molar-refractivity contribution in [2.45, 2.75) is 9.79 Å². The summed E-state index contributed by atoms with van der Waals surface area (Å²) in [5.41, 5.74) is -0.965. The maximum absolute atomic E-state index is 14.5. The minimum Gasteiger partial charge on any atom is -0.480 e. The number of halogens is 4. The molecule has 0 saturated heterocycles. The molecule has 0 aliphatic carbocycles.